The van der Waals surface area contributed by atoms with Crippen LogP contribution in [0.2, 0.25) is 0 Å². The predicted molar refractivity (Wildman–Crippen MR) is 124 cm³/mol. The summed E-state index contributed by atoms with van der Waals surface area (Å²) in [5, 5.41) is 5.71. The van der Waals surface area contributed by atoms with E-state index in [0.717, 1.165) is 65.4 Å². The second-order valence-corrected chi connectivity index (χ2v) is 7.46. The minimum Gasteiger partial charge on any atom is -0.399 e. The fourth-order valence-electron chi connectivity index (χ4n) is 3.98. The molecule has 2 heterocycles. The van der Waals surface area contributed by atoms with Gasteiger partial charge in [0.2, 0.25) is 0 Å². The Balaban J connectivity index is 1.46. The van der Waals surface area contributed by atoms with E-state index in [2.05, 4.69) is 69.8 Å². The van der Waals surface area contributed by atoms with Crippen LogP contribution in [-0.4, -0.2) is 31.3 Å². The van der Waals surface area contributed by atoms with Crippen LogP contribution in [0.4, 0.5) is 22.9 Å². The van der Waals surface area contributed by atoms with Gasteiger partial charge in [-0.3, -0.25) is 0 Å². The summed E-state index contributed by atoms with van der Waals surface area (Å²) < 4.78 is 5.44. The van der Waals surface area contributed by atoms with Crippen LogP contribution in [0.1, 0.15) is 0 Å². The molecule has 0 atom stereocenters. The molecule has 5 rings (SSSR count). The molecule has 3 N–H and O–H groups in total. The predicted octanol–water partition coefficient (Wildman–Crippen LogP) is 5.06. The van der Waals surface area contributed by atoms with Gasteiger partial charge in [-0.15, -0.1) is 0 Å². The van der Waals surface area contributed by atoms with Gasteiger partial charge in [-0.05, 0) is 59.0 Å². The molecule has 0 unspecified atom stereocenters. The molecule has 0 radical (unpaired) electrons. The topological polar surface area (TPSA) is 63.4 Å². The molecule has 4 aromatic rings. The first-order chi connectivity index (χ1) is 14.8. The molecule has 5 heteroatoms. The van der Waals surface area contributed by atoms with Crippen molar-refractivity contribution in [2.45, 2.75) is 0 Å². The van der Waals surface area contributed by atoms with E-state index in [4.69, 9.17) is 10.5 Å². The zero-order valence-electron chi connectivity index (χ0n) is 16.7. The second-order valence-electron chi connectivity index (χ2n) is 7.46. The van der Waals surface area contributed by atoms with Gasteiger partial charge < -0.3 is 20.7 Å². The number of pyridine rings is 1. The molecule has 1 fully saturated rings. The van der Waals surface area contributed by atoms with Crippen molar-refractivity contribution >= 4 is 33.7 Å². The number of hydrogen-bond acceptors (Lipinski definition) is 5. The quantitative estimate of drug-likeness (QED) is 0.472. The van der Waals surface area contributed by atoms with E-state index >= 15 is 0 Å². The normalized spacial score (nSPS) is 14.1. The van der Waals surface area contributed by atoms with Crippen molar-refractivity contribution in [3.05, 3.63) is 79.0 Å². The average molecular weight is 396 g/mol. The van der Waals surface area contributed by atoms with Crippen molar-refractivity contribution in [3.63, 3.8) is 0 Å². The Morgan fingerprint density at radius 3 is 2.47 bits per heavy atom. The molecule has 0 spiro atoms. The fraction of sp³-hybridized carbons (Fsp3) is 0.160. The van der Waals surface area contributed by atoms with E-state index in [1.54, 1.807) is 0 Å². The zero-order valence-corrected chi connectivity index (χ0v) is 16.7. The molecule has 0 aliphatic carbocycles. The number of rotatable bonds is 4. The molecular formula is C25H24N4O. The molecule has 1 aliphatic rings. The van der Waals surface area contributed by atoms with E-state index in [0.29, 0.717) is 0 Å². The minimum absolute atomic E-state index is 0.761. The van der Waals surface area contributed by atoms with Crippen LogP contribution in [0, 0.1) is 0 Å². The molecule has 0 bridgehead atoms. The lowest BCUT2D eigenvalue weighted by molar-refractivity contribution is 0.122. The van der Waals surface area contributed by atoms with Crippen molar-refractivity contribution in [1.82, 2.24) is 4.98 Å². The Kier molecular flexibility index (Phi) is 4.95. The molecule has 5 nitrogen and oxygen atoms in total. The number of anilines is 4. The maximum atomic E-state index is 6.00. The second kappa shape index (κ2) is 8.05. The SMILES string of the molecule is Nc1cccc(-c2cccc3c(Nc4ccc(N5CCOCC5)cc4)nccc23)c1. The summed E-state index contributed by atoms with van der Waals surface area (Å²) in [7, 11) is 0. The number of hydrogen-bond donors (Lipinski definition) is 2. The molecule has 0 saturated carbocycles. The van der Waals surface area contributed by atoms with Gasteiger partial charge in [-0.1, -0.05) is 30.3 Å². The number of morpholine rings is 1. The lowest BCUT2D eigenvalue weighted by Gasteiger charge is -2.28. The van der Waals surface area contributed by atoms with E-state index in [-0.39, 0.29) is 0 Å². The maximum Gasteiger partial charge on any atom is 0.138 e. The highest BCUT2D eigenvalue weighted by atomic mass is 16.5. The van der Waals surface area contributed by atoms with Crippen LogP contribution in [0.15, 0.2) is 79.0 Å². The van der Waals surface area contributed by atoms with E-state index in [1.807, 2.05) is 24.4 Å². The Morgan fingerprint density at radius 2 is 1.67 bits per heavy atom. The third-order valence-corrected chi connectivity index (χ3v) is 5.51. The average Bonchev–Trinajstić information content (AvgIpc) is 2.80. The number of fused-ring (bicyclic) bond motifs is 1. The number of benzene rings is 3. The van der Waals surface area contributed by atoms with Gasteiger partial charge in [0.15, 0.2) is 0 Å². The molecule has 1 saturated heterocycles. The third kappa shape index (κ3) is 3.67. The van der Waals surface area contributed by atoms with Crippen LogP contribution in [0.3, 0.4) is 0 Å². The van der Waals surface area contributed by atoms with Gasteiger partial charge >= 0.3 is 0 Å². The minimum atomic E-state index is 0.761. The van der Waals surface area contributed by atoms with Crippen LogP contribution in [0.25, 0.3) is 21.9 Å². The Labute approximate surface area is 176 Å². The van der Waals surface area contributed by atoms with Crippen molar-refractivity contribution < 1.29 is 4.74 Å². The highest BCUT2D eigenvalue weighted by Crippen LogP contribution is 2.33. The van der Waals surface area contributed by atoms with Crippen LogP contribution >= 0.6 is 0 Å². The van der Waals surface area contributed by atoms with Crippen molar-refractivity contribution in [1.29, 1.82) is 0 Å². The van der Waals surface area contributed by atoms with Gasteiger partial charge in [0.1, 0.15) is 5.82 Å². The van der Waals surface area contributed by atoms with Crippen LogP contribution < -0.4 is 16.0 Å². The summed E-state index contributed by atoms with van der Waals surface area (Å²) in [5.74, 6) is 0.845. The van der Waals surface area contributed by atoms with E-state index < -0.39 is 0 Å². The number of nitrogens with two attached hydrogens (primary N) is 1. The first-order valence-electron chi connectivity index (χ1n) is 10.2. The summed E-state index contributed by atoms with van der Waals surface area (Å²) in [4.78, 5) is 6.95. The molecular weight excluding hydrogens is 372 g/mol. The first kappa shape index (κ1) is 18.5. The number of aromatic nitrogens is 1. The van der Waals surface area contributed by atoms with Gasteiger partial charge in [-0.25, -0.2) is 4.98 Å². The molecule has 3 aromatic carbocycles. The monoisotopic (exact) mass is 396 g/mol. The number of ether oxygens (including phenoxy) is 1. The van der Waals surface area contributed by atoms with Gasteiger partial charge in [0, 0.05) is 41.7 Å². The summed E-state index contributed by atoms with van der Waals surface area (Å²) in [6, 6.07) is 24.8. The summed E-state index contributed by atoms with van der Waals surface area (Å²) >= 11 is 0. The van der Waals surface area contributed by atoms with Crippen molar-refractivity contribution in [2.75, 3.05) is 42.3 Å². The lowest BCUT2D eigenvalue weighted by atomic mass is 9.98. The fourth-order valence-corrected chi connectivity index (χ4v) is 3.98. The van der Waals surface area contributed by atoms with E-state index in [9.17, 15) is 0 Å². The van der Waals surface area contributed by atoms with Crippen molar-refractivity contribution in [3.8, 4) is 11.1 Å². The molecule has 0 amide bonds. The summed E-state index contributed by atoms with van der Waals surface area (Å²) in [6.45, 7) is 3.44. The first-order valence-corrected chi connectivity index (χ1v) is 10.2. The highest BCUT2D eigenvalue weighted by molar-refractivity contribution is 6.02. The Hall–Kier alpha value is -3.57. The standard InChI is InChI=1S/C25H24N4O/c26-19-4-1-3-18(17-19)22-5-2-6-24-23(22)11-12-27-25(24)28-20-7-9-21(10-8-20)29-13-15-30-16-14-29/h1-12,17H,13-16,26H2,(H,27,28). The van der Waals surface area contributed by atoms with Gasteiger partial charge in [0.05, 0.1) is 13.2 Å². The van der Waals surface area contributed by atoms with Crippen LogP contribution in [0.5, 0.6) is 0 Å². The summed E-state index contributed by atoms with van der Waals surface area (Å²) in [5.41, 5.74) is 11.3. The Bertz CT molecular complexity index is 1170. The smallest absolute Gasteiger partial charge is 0.138 e. The molecule has 1 aliphatic heterocycles. The molecule has 30 heavy (non-hydrogen) atoms. The van der Waals surface area contributed by atoms with E-state index in [1.165, 1.54) is 5.69 Å². The van der Waals surface area contributed by atoms with Crippen LogP contribution in [-0.2, 0) is 4.74 Å². The zero-order chi connectivity index (χ0) is 20.3. The number of nitrogens with zero attached hydrogens (tertiary/aromatic N) is 2. The van der Waals surface area contributed by atoms with Gasteiger partial charge in [-0.2, -0.15) is 0 Å². The van der Waals surface area contributed by atoms with Crippen molar-refractivity contribution in [2.24, 2.45) is 0 Å². The maximum absolute atomic E-state index is 6.00. The lowest BCUT2D eigenvalue weighted by Crippen LogP contribution is -2.36. The summed E-state index contributed by atoms with van der Waals surface area (Å²) in [6.07, 6.45) is 1.85. The third-order valence-electron chi connectivity index (χ3n) is 5.51. The number of nitrogen functional groups attached to an aromatic ring is 1. The largest absolute Gasteiger partial charge is 0.399 e. The van der Waals surface area contributed by atoms with Gasteiger partial charge in [0.25, 0.3) is 0 Å². The highest BCUT2D eigenvalue weighted by Gasteiger charge is 2.12. The Morgan fingerprint density at radius 1 is 0.867 bits per heavy atom. The number of nitrogens with one attached hydrogen (secondary N) is 1. The molecule has 1 aromatic heterocycles. The molecule has 150 valence electrons.